The minimum atomic E-state index is -2.56. The molecule has 27 heavy (non-hydrogen) atoms. The summed E-state index contributed by atoms with van der Waals surface area (Å²) >= 11 is 0. The lowest BCUT2D eigenvalue weighted by atomic mass is 10.2. The molecule has 2 aromatic carbocycles. The van der Waals surface area contributed by atoms with Gasteiger partial charge >= 0.3 is 0 Å². The van der Waals surface area contributed by atoms with Crippen LogP contribution in [0.15, 0.2) is 78.9 Å². The Balaban J connectivity index is 2.09. The summed E-state index contributed by atoms with van der Waals surface area (Å²) in [6, 6.07) is 26.9. The van der Waals surface area contributed by atoms with Crippen molar-refractivity contribution in [3.05, 3.63) is 90.3 Å². The van der Waals surface area contributed by atoms with Crippen LogP contribution < -0.4 is 10.4 Å². The first kappa shape index (κ1) is 19.5. The molecule has 0 saturated heterocycles. The lowest BCUT2D eigenvalue weighted by Crippen LogP contribution is -2.66. The monoisotopic (exact) mass is 377 g/mol. The van der Waals surface area contributed by atoms with Crippen molar-refractivity contribution in [3.63, 3.8) is 0 Å². The fourth-order valence-corrected chi connectivity index (χ4v) is 8.16. The maximum atomic E-state index is 9.38. The van der Waals surface area contributed by atoms with Crippen LogP contribution in [0.4, 0.5) is 0 Å². The van der Waals surface area contributed by atoms with Crippen LogP contribution in [0.5, 0.6) is 0 Å². The number of aliphatic hydroxyl groups is 1. The van der Waals surface area contributed by atoms with Crippen LogP contribution in [-0.2, 0) is 17.6 Å². The van der Waals surface area contributed by atoms with Gasteiger partial charge in [-0.05, 0) is 27.5 Å². The average Bonchev–Trinajstić information content (AvgIpc) is 2.69. The van der Waals surface area contributed by atoms with Crippen molar-refractivity contribution in [2.45, 2.75) is 39.0 Å². The third kappa shape index (κ3) is 4.03. The fraction of sp³-hybridized carbons (Fsp3) is 0.261. The average molecular weight is 378 g/mol. The van der Waals surface area contributed by atoms with Crippen LogP contribution in [0.3, 0.4) is 0 Å². The Morgan fingerprint density at radius 1 is 0.778 bits per heavy atom. The summed E-state index contributed by atoms with van der Waals surface area (Å²) in [5.41, 5.74) is 1.51. The molecule has 0 aliphatic heterocycles. The summed E-state index contributed by atoms with van der Waals surface area (Å²) < 4.78 is 6.85. The minimum absolute atomic E-state index is 0.0624. The van der Waals surface area contributed by atoms with E-state index < -0.39 is 8.32 Å². The molecular formula is C23H27NO2Si. The van der Waals surface area contributed by atoms with E-state index in [2.05, 4.69) is 74.3 Å². The maximum Gasteiger partial charge on any atom is 0.261 e. The van der Waals surface area contributed by atoms with Gasteiger partial charge in [-0.25, -0.2) is 0 Å². The lowest BCUT2D eigenvalue weighted by Gasteiger charge is -2.43. The van der Waals surface area contributed by atoms with E-state index in [9.17, 15) is 5.11 Å². The quantitative estimate of drug-likeness (QED) is 0.667. The minimum Gasteiger partial charge on any atom is -0.402 e. The van der Waals surface area contributed by atoms with Gasteiger partial charge in [-0.1, -0.05) is 87.5 Å². The second kappa shape index (κ2) is 8.17. The third-order valence-corrected chi connectivity index (χ3v) is 9.86. The molecule has 140 valence electrons. The van der Waals surface area contributed by atoms with Gasteiger partial charge in [0.1, 0.15) is 0 Å². The zero-order valence-corrected chi connectivity index (χ0v) is 17.2. The van der Waals surface area contributed by atoms with Crippen LogP contribution >= 0.6 is 0 Å². The summed E-state index contributed by atoms with van der Waals surface area (Å²) in [5, 5.41) is 11.8. The van der Waals surface area contributed by atoms with Crippen LogP contribution in [-0.4, -0.2) is 18.4 Å². The van der Waals surface area contributed by atoms with Gasteiger partial charge in [0.2, 0.25) is 0 Å². The molecule has 0 fully saturated rings. The van der Waals surface area contributed by atoms with Gasteiger partial charge in [0.15, 0.2) is 0 Å². The molecule has 1 aromatic heterocycles. The molecule has 0 saturated carbocycles. The van der Waals surface area contributed by atoms with Gasteiger partial charge in [-0.15, -0.1) is 0 Å². The highest BCUT2D eigenvalue weighted by molar-refractivity contribution is 6.99. The highest BCUT2D eigenvalue weighted by Crippen LogP contribution is 2.37. The number of rotatable bonds is 6. The Hall–Kier alpha value is -2.27. The van der Waals surface area contributed by atoms with Crippen LogP contribution in [0, 0.1) is 0 Å². The SMILES string of the molecule is CC(C)(C)[Si](OCc1cccc(CO)n1)(c1ccccc1)c1ccccc1. The molecule has 0 radical (unpaired) electrons. The predicted octanol–water partition coefficient (Wildman–Crippen LogP) is 3.65. The van der Waals surface area contributed by atoms with E-state index >= 15 is 0 Å². The first-order chi connectivity index (χ1) is 13.0. The summed E-state index contributed by atoms with van der Waals surface area (Å²) in [6.07, 6.45) is 0. The molecule has 1 heterocycles. The summed E-state index contributed by atoms with van der Waals surface area (Å²) in [4.78, 5) is 4.51. The van der Waals surface area contributed by atoms with E-state index in [4.69, 9.17) is 4.43 Å². The molecule has 3 aromatic rings. The molecule has 0 atom stereocenters. The predicted molar refractivity (Wildman–Crippen MR) is 113 cm³/mol. The van der Waals surface area contributed by atoms with Crippen molar-refractivity contribution >= 4 is 18.7 Å². The number of pyridine rings is 1. The zero-order chi connectivity index (χ0) is 19.3. The lowest BCUT2D eigenvalue weighted by molar-refractivity contribution is 0.268. The Labute approximate surface area is 162 Å². The van der Waals surface area contributed by atoms with Crippen molar-refractivity contribution < 1.29 is 9.53 Å². The molecular weight excluding hydrogens is 350 g/mol. The molecule has 0 amide bonds. The van der Waals surface area contributed by atoms with Crippen molar-refractivity contribution in [2.24, 2.45) is 0 Å². The topological polar surface area (TPSA) is 42.4 Å². The number of hydrogen-bond acceptors (Lipinski definition) is 3. The second-order valence-electron chi connectivity index (χ2n) is 7.73. The smallest absolute Gasteiger partial charge is 0.261 e. The first-order valence-corrected chi connectivity index (χ1v) is 11.2. The number of benzene rings is 2. The molecule has 3 rings (SSSR count). The molecule has 3 nitrogen and oxygen atoms in total. The summed E-state index contributed by atoms with van der Waals surface area (Å²) in [5.74, 6) is 0. The second-order valence-corrected chi connectivity index (χ2v) is 12.0. The van der Waals surface area contributed by atoms with Crippen molar-refractivity contribution in [1.82, 2.24) is 4.98 Å². The van der Waals surface area contributed by atoms with Crippen molar-refractivity contribution in [2.75, 3.05) is 0 Å². The number of aromatic nitrogens is 1. The van der Waals surface area contributed by atoms with Crippen LogP contribution in [0.25, 0.3) is 0 Å². The number of nitrogens with zero attached hydrogens (tertiary/aromatic N) is 1. The summed E-state index contributed by atoms with van der Waals surface area (Å²) in [7, 11) is -2.56. The van der Waals surface area contributed by atoms with Gasteiger partial charge in [0.25, 0.3) is 8.32 Å². The third-order valence-electron chi connectivity index (χ3n) is 4.88. The van der Waals surface area contributed by atoms with E-state index in [1.54, 1.807) is 0 Å². The number of hydrogen-bond donors (Lipinski definition) is 1. The normalized spacial score (nSPS) is 12.1. The molecule has 0 aliphatic carbocycles. The van der Waals surface area contributed by atoms with Gasteiger partial charge in [0.05, 0.1) is 24.6 Å². The maximum absolute atomic E-state index is 9.38. The van der Waals surface area contributed by atoms with E-state index in [1.165, 1.54) is 10.4 Å². The van der Waals surface area contributed by atoms with Crippen LogP contribution in [0.1, 0.15) is 32.2 Å². The van der Waals surface area contributed by atoms with Gasteiger partial charge < -0.3 is 9.53 Å². The zero-order valence-electron chi connectivity index (χ0n) is 16.2. The van der Waals surface area contributed by atoms with Gasteiger partial charge in [-0.2, -0.15) is 0 Å². The van der Waals surface area contributed by atoms with Gasteiger partial charge in [-0.3, -0.25) is 4.98 Å². The number of aliphatic hydroxyl groups excluding tert-OH is 1. The van der Waals surface area contributed by atoms with Crippen molar-refractivity contribution in [1.29, 1.82) is 0 Å². The molecule has 4 heteroatoms. The van der Waals surface area contributed by atoms with E-state index in [0.717, 1.165) is 5.69 Å². The van der Waals surface area contributed by atoms with Gasteiger partial charge in [0, 0.05) is 0 Å². The molecule has 0 spiro atoms. The first-order valence-electron chi connectivity index (χ1n) is 9.28. The standard InChI is InChI=1S/C23H27NO2Si/c1-23(2,3)27(21-13-6-4-7-14-21,22-15-8-5-9-16-22)26-18-20-12-10-11-19(17-25)24-20/h4-16,25H,17-18H2,1-3H3. The largest absolute Gasteiger partial charge is 0.402 e. The Bertz CT molecular complexity index is 821. The van der Waals surface area contributed by atoms with E-state index in [1.807, 2.05) is 30.3 Å². The Kier molecular flexibility index (Phi) is 5.90. The Morgan fingerprint density at radius 3 is 1.78 bits per heavy atom. The molecule has 0 aliphatic rings. The fourth-order valence-electron chi connectivity index (χ4n) is 3.64. The molecule has 0 bridgehead atoms. The summed E-state index contributed by atoms with van der Waals surface area (Å²) in [6.45, 7) is 7.14. The highest BCUT2D eigenvalue weighted by Gasteiger charge is 2.50. The van der Waals surface area contributed by atoms with E-state index in [-0.39, 0.29) is 11.6 Å². The highest BCUT2D eigenvalue weighted by atomic mass is 28.4. The van der Waals surface area contributed by atoms with E-state index in [0.29, 0.717) is 12.3 Å². The van der Waals surface area contributed by atoms with Crippen molar-refractivity contribution in [3.8, 4) is 0 Å². The molecule has 0 unspecified atom stereocenters. The van der Waals surface area contributed by atoms with Crippen LogP contribution in [0.2, 0.25) is 5.04 Å². The Morgan fingerprint density at radius 2 is 1.30 bits per heavy atom. The molecule has 1 N–H and O–H groups in total.